The summed E-state index contributed by atoms with van der Waals surface area (Å²) in [6, 6.07) is 0. The lowest BCUT2D eigenvalue weighted by atomic mass is 9.87. The second kappa shape index (κ2) is 4.31. The van der Waals surface area contributed by atoms with Crippen LogP contribution in [-0.4, -0.2) is 11.7 Å². The molecule has 0 fully saturated rings. The zero-order valence-electron chi connectivity index (χ0n) is 8.26. The normalized spacial score (nSPS) is 27.5. The van der Waals surface area contributed by atoms with E-state index in [1.807, 2.05) is 6.08 Å². The summed E-state index contributed by atoms with van der Waals surface area (Å²) in [5.74, 6) is 0.638. The first-order chi connectivity index (χ1) is 6.83. The fourth-order valence-electron chi connectivity index (χ4n) is 2.24. The van der Waals surface area contributed by atoms with Crippen LogP contribution in [0.4, 0.5) is 0 Å². The highest BCUT2D eigenvalue weighted by molar-refractivity contribution is 6.20. The smallest absolute Gasteiger partial charge is 0.167 e. The number of ketones is 1. The van der Waals surface area contributed by atoms with Crippen LogP contribution in [0.15, 0.2) is 23.3 Å². The van der Waals surface area contributed by atoms with E-state index in [0.717, 1.165) is 24.8 Å². The first-order valence-corrected chi connectivity index (χ1v) is 5.87. The van der Waals surface area contributed by atoms with E-state index in [2.05, 4.69) is 6.08 Å². The predicted molar refractivity (Wildman–Crippen MR) is 58.5 cm³/mol. The van der Waals surface area contributed by atoms with Gasteiger partial charge in [0.05, 0.1) is 5.92 Å². The molecule has 2 aliphatic carbocycles. The van der Waals surface area contributed by atoms with Gasteiger partial charge in [0, 0.05) is 5.88 Å². The molecule has 1 unspecified atom stereocenters. The van der Waals surface area contributed by atoms with Crippen LogP contribution >= 0.6 is 11.6 Å². The summed E-state index contributed by atoms with van der Waals surface area (Å²) >= 11 is 5.75. The Morgan fingerprint density at radius 2 is 2.07 bits per heavy atom. The van der Waals surface area contributed by atoms with Gasteiger partial charge in [0.1, 0.15) is 0 Å². The van der Waals surface area contributed by atoms with E-state index < -0.39 is 0 Å². The zero-order valence-corrected chi connectivity index (χ0v) is 9.02. The molecule has 0 radical (unpaired) electrons. The number of carbonyl (C=O) groups excluding carboxylic acids is 1. The Morgan fingerprint density at radius 1 is 1.29 bits per heavy atom. The molecule has 76 valence electrons. The van der Waals surface area contributed by atoms with Crippen molar-refractivity contribution >= 4 is 17.4 Å². The monoisotopic (exact) mass is 210 g/mol. The molecule has 0 N–H and O–H groups in total. The molecule has 1 atom stereocenters. The SMILES string of the molecule is O=C1C2=C(C=CC1CCl)CCCCC2. The molecular weight excluding hydrogens is 196 g/mol. The first-order valence-electron chi connectivity index (χ1n) is 5.33. The molecular formula is C12H15ClO. The number of rotatable bonds is 1. The third kappa shape index (κ3) is 1.78. The minimum absolute atomic E-state index is 0.0616. The molecule has 0 heterocycles. The largest absolute Gasteiger partial charge is 0.294 e. The minimum atomic E-state index is -0.0616. The third-order valence-electron chi connectivity index (χ3n) is 3.09. The highest BCUT2D eigenvalue weighted by atomic mass is 35.5. The van der Waals surface area contributed by atoms with Crippen LogP contribution in [0.3, 0.4) is 0 Å². The van der Waals surface area contributed by atoms with Crippen LogP contribution in [0.25, 0.3) is 0 Å². The zero-order chi connectivity index (χ0) is 9.97. The Balaban J connectivity index is 2.26. The third-order valence-corrected chi connectivity index (χ3v) is 3.42. The molecule has 0 saturated heterocycles. The van der Waals surface area contributed by atoms with Gasteiger partial charge in [-0.15, -0.1) is 11.6 Å². The fraction of sp³-hybridized carbons (Fsp3) is 0.583. The highest BCUT2D eigenvalue weighted by Crippen LogP contribution is 2.31. The number of hydrogen-bond acceptors (Lipinski definition) is 1. The molecule has 0 aromatic heterocycles. The lowest BCUT2D eigenvalue weighted by Crippen LogP contribution is -2.20. The van der Waals surface area contributed by atoms with E-state index >= 15 is 0 Å². The van der Waals surface area contributed by atoms with E-state index in [4.69, 9.17) is 11.6 Å². The molecule has 0 amide bonds. The van der Waals surface area contributed by atoms with Gasteiger partial charge in [-0.1, -0.05) is 18.6 Å². The summed E-state index contributed by atoms with van der Waals surface area (Å²) < 4.78 is 0. The molecule has 2 aliphatic rings. The highest BCUT2D eigenvalue weighted by Gasteiger charge is 2.25. The van der Waals surface area contributed by atoms with Gasteiger partial charge in [-0.2, -0.15) is 0 Å². The Labute approximate surface area is 89.8 Å². The summed E-state index contributed by atoms with van der Waals surface area (Å²) in [4.78, 5) is 12.0. The summed E-state index contributed by atoms with van der Waals surface area (Å²) in [5.41, 5.74) is 2.34. The van der Waals surface area contributed by atoms with Crippen molar-refractivity contribution in [2.45, 2.75) is 32.1 Å². The molecule has 0 aliphatic heterocycles. The van der Waals surface area contributed by atoms with Crippen molar-refractivity contribution in [3.8, 4) is 0 Å². The lowest BCUT2D eigenvalue weighted by molar-refractivity contribution is -0.117. The number of allylic oxidation sites excluding steroid dienone is 4. The van der Waals surface area contributed by atoms with E-state index in [1.165, 1.54) is 18.4 Å². The Hall–Kier alpha value is -0.560. The van der Waals surface area contributed by atoms with E-state index in [-0.39, 0.29) is 11.7 Å². The first kappa shape index (κ1) is 9.97. The number of halogens is 1. The average Bonchev–Trinajstić information content (AvgIpc) is 2.44. The second-order valence-corrected chi connectivity index (χ2v) is 4.36. The molecule has 0 aromatic carbocycles. The topological polar surface area (TPSA) is 17.1 Å². The molecule has 1 nitrogen and oxygen atoms in total. The number of carbonyl (C=O) groups is 1. The number of alkyl halides is 1. The van der Waals surface area contributed by atoms with Crippen molar-refractivity contribution in [3.63, 3.8) is 0 Å². The van der Waals surface area contributed by atoms with Crippen LogP contribution in [0, 0.1) is 5.92 Å². The minimum Gasteiger partial charge on any atom is -0.294 e. The van der Waals surface area contributed by atoms with E-state index in [0.29, 0.717) is 5.88 Å². The Bertz CT molecular complexity index is 301. The maximum atomic E-state index is 12.0. The van der Waals surface area contributed by atoms with Crippen molar-refractivity contribution in [2.24, 2.45) is 5.92 Å². The quantitative estimate of drug-likeness (QED) is 0.608. The summed E-state index contributed by atoms with van der Waals surface area (Å²) in [7, 11) is 0. The van der Waals surface area contributed by atoms with Gasteiger partial charge in [0.25, 0.3) is 0 Å². The molecule has 2 rings (SSSR count). The molecule has 0 aromatic rings. The van der Waals surface area contributed by atoms with Crippen molar-refractivity contribution < 1.29 is 4.79 Å². The second-order valence-electron chi connectivity index (χ2n) is 4.05. The van der Waals surface area contributed by atoms with Crippen molar-refractivity contribution in [3.05, 3.63) is 23.3 Å². The maximum absolute atomic E-state index is 12.0. The van der Waals surface area contributed by atoms with Crippen LogP contribution < -0.4 is 0 Å². The van der Waals surface area contributed by atoms with Crippen LogP contribution in [-0.2, 0) is 4.79 Å². The average molecular weight is 211 g/mol. The van der Waals surface area contributed by atoms with E-state index in [9.17, 15) is 4.79 Å². The van der Waals surface area contributed by atoms with Gasteiger partial charge in [-0.3, -0.25) is 4.79 Å². The Morgan fingerprint density at radius 3 is 2.86 bits per heavy atom. The number of Topliss-reactive ketones (excluding diaryl/α,β-unsaturated/α-hetero) is 1. The lowest BCUT2D eigenvalue weighted by Gasteiger charge is -2.18. The standard InChI is InChI=1S/C12H15ClO/c13-8-10-7-6-9-4-2-1-3-5-11(9)12(10)14/h6-7,10H,1-5,8H2. The van der Waals surface area contributed by atoms with Gasteiger partial charge in [0.2, 0.25) is 0 Å². The maximum Gasteiger partial charge on any atom is 0.167 e. The van der Waals surface area contributed by atoms with Gasteiger partial charge in [0.15, 0.2) is 5.78 Å². The van der Waals surface area contributed by atoms with Gasteiger partial charge < -0.3 is 0 Å². The van der Waals surface area contributed by atoms with Gasteiger partial charge in [-0.05, 0) is 36.8 Å². The molecule has 0 saturated carbocycles. The summed E-state index contributed by atoms with van der Waals surface area (Å²) in [6.45, 7) is 0. The fourth-order valence-corrected chi connectivity index (χ4v) is 2.48. The molecule has 0 bridgehead atoms. The van der Waals surface area contributed by atoms with Crippen molar-refractivity contribution in [2.75, 3.05) is 5.88 Å². The van der Waals surface area contributed by atoms with Crippen LogP contribution in [0.5, 0.6) is 0 Å². The van der Waals surface area contributed by atoms with Crippen LogP contribution in [0.2, 0.25) is 0 Å². The molecule has 0 spiro atoms. The molecule has 2 heteroatoms. The van der Waals surface area contributed by atoms with Crippen molar-refractivity contribution in [1.82, 2.24) is 0 Å². The van der Waals surface area contributed by atoms with Gasteiger partial charge >= 0.3 is 0 Å². The summed E-state index contributed by atoms with van der Waals surface area (Å²) in [5, 5.41) is 0. The van der Waals surface area contributed by atoms with Crippen LogP contribution in [0.1, 0.15) is 32.1 Å². The van der Waals surface area contributed by atoms with Gasteiger partial charge in [-0.25, -0.2) is 0 Å². The van der Waals surface area contributed by atoms with E-state index in [1.54, 1.807) is 0 Å². The predicted octanol–water partition coefficient (Wildman–Crippen LogP) is 3.24. The Kier molecular flexibility index (Phi) is 3.07. The summed E-state index contributed by atoms with van der Waals surface area (Å²) in [6.07, 6.45) is 9.77. The molecule has 14 heavy (non-hydrogen) atoms. The number of hydrogen-bond donors (Lipinski definition) is 0. The van der Waals surface area contributed by atoms with Crippen molar-refractivity contribution in [1.29, 1.82) is 0 Å².